The minimum absolute atomic E-state index is 0.164. The number of aryl methyl sites for hydroxylation is 3. The number of rotatable bonds is 6. The van der Waals surface area contributed by atoms with E-state index in [0.29, 0.717) is 34.0 Å². The Morgan fingerprint density at radius 1 is 1.03 bits per heavy atom. The van der Waals surface area contributed by atoms with Crippen LogP contribution >= 0.6 is 15.9 Å². The van der Waals surface area contributed by atoms with E-state index in [2.05, 4.69) is 25.9 Å². The minimum Gasteiger partial charge on any atom is -0.487 e. The Balaban J connectivity index is 1.72. The van der Waals surface area contributed by atoms with Crippen molar-refractivity contribution in [1.82, 2.24) is 14.5 Å². The number of aliphatic hydroxyl groups is 1. The number of hydrogen-bond donors (Lipinski definition) is 1. The quantitative estimate of drug-likeness (QED) is 0.305. The molecule has 1 N–H and O–H groups in total. The predicted molar refractivity (Wildman–Crippen MR) is 141 cm³/mol. The average molecular weight is 570 g/mol. The zero-order chi connectivity index (χ0) is 27.1. The van der Waals surface area contributed by atoms with Crippen molar-refractivity contribution < 1.29 is 18.6 Å². The summed E-state index contributed by atoms with van der Waals surface area (Å²) >= 11 is 3.33. The molecule has 4 aromatic rings. The number of aromatic nitrogens is 3. The van der Waals surface area contributed by atoms with Gasteiger partial charge in [-0.05, 0) is 85.9 Å². The minimum atomic E-state index is -1.12. The molecular weight excluding hydrogens is 544 g/mol. The number of nitrogens with zero attached hydrogens (tertiary/aromatic N) is 3. The van der Waals surface area contributed by atoms with Crippen molar-refractivity contribution in [2.75, 3.05) is 0 Å². The molecule has 0 fully saturated rings. The summed E-state index contributed by atoms with van der Waals surface area (Å²) in [6.07, 6.45) is 1.66. The van der Waals surface area contributed by atoms with Gasteiger partial charge < -0.3 is 9.84 Å². The van der Waals surface area contributed by atoms with E-state index < -0.39 is 17.2 Å². The SMILES string of the molecule is Cc1cc(COc2cc(C)n(-c3cc(-c4cccc(C(C)(C)O)n4)ncc3C)c(=O)c2Br)c(F)cc1F. The fourth-order valence-corrected chi connectivity index (χ4v) is 4.29. The van der Waals surface area contributed by atoms with Crippen molar-refractivity contribution >= 4 is 15.9 Å². The van der Waals surface area contributed by atoms with Gasteiger partial charge in [0.15, 0.2) is 0 Å². The lowest BCUT2D eigenvalue weighted by atomic mass is 10.0. The first-order valence-electron chi connectivity index (χ1n) is 11.5. The highest BCUT2D eigenvalue weighted by Crippen LogP contribution is 2.28. The van der Waals surface area contributed by atoms with E-state index in [-0.39, 0.29) is 28.0 Å². The molecule has 6 nitrogen and oxygen atoms in total. The molecule has 0 spiro atoms. The molecule has 0 aliphatic heterocycles. The summed E-state index contributed by atoms with van der Waals surface area (Å²) in [5, 5.41) is 10.3. The van der Waals surface area contributed by atoms with Gasteiger partial charge in [0.1, 0.15) is 34.1 Å². The van der Waals surface area contributed by atoms with E-state index in [9.17, 15) is 18.7 Å². The molecule has 4 rings (SSSR count). The van der Waals surface area contributed by atoms with Crippen LogP contribution in [0.1, 0.15) is 41.9 Å². The van der Waals surface area contributed by atoms with Crippen molar-refractivity contribution in [2.24, 2.45) is 0 Å². The van der Waals surface area contributed by atoms with E-state index in [0.717, 1.165) is 11.6 Å². The molecule has 3 aromatic heterocycles. The number of pyridine rings is 3. The summed E-state index contributed by atoms with van der Waals surface area (Å²) in [5.74, 6) is -1.10. The van der Waals surface area contributed by atoms with Crippen LogP contribution in [-0.2, 0) is 12.2 Å². The molecule has 0 aliphatic rings. The van der Waals surface area contributed by atoms with Crippen LogP contribution in [0, 0.1) is 32.4 Å². The van der Waals surface area contributed by atoms with E-state index >= 15 is 0 Å². The molecule has 0 aliphatic carbocycles. The first-order valence-corrected chi connectivity index (χ1v) is 12.3. The van der Waals surface area contributed by atoms with Crippen LogP contribution in [0.4, 0.5) is 8.78 Å². The zero-order valence-electron chi connectivity index (χ0n) is 21.1. The number of halogens is 3. The van der Waals surface area contributed by atoms with Gasteiger partial charge in [0.05, 0.1) is 22.8 Å². The Kier molecular flexibility index (Phi) is 7.30. The van der Waals surface area contributed by atoms with E-state index in [1.807, 2.05) is 6.92 Å². The van der Waals surface area contributed by atoms with Crippen LogP contribution in [0.3, 0.4) is 0 Å². The lowest BCUT2D eigenvalue weighted by Gasteiger charge is -2.18. The monoisotopic (exact) mass is 569 g/mol. The molecule has 192 valence electrons. The number of ether oxygens (including phenoxy) is 1. The third kappa shape index (κ3) is 5.47. The van der Waals surface area contributed by atoms with Crippen molar-refractivity contribution in [3.63, 3.8) is 0 Å². The molecule has 37 heavy (non-hydrogen) atoms. The Hall–Kier alpha value is -3.43. The van der Waals surface area contributed by atoms with Crippen LogP contribution in [0.25, 0.3) is 17.1 Å². The highest BCUT2D eigenvalue weighted by molar-refractivity contribution is 9.10. The molecular formula is C28H26BrF2N3O3. The maximum absolute atomic E-state index is 14.2. The second-order valence-electron chi connectivity index (χ2n) is 9.41. The van der Waals surface area contributed by atoms with Gasteiger partial charge in [-0.15, -0.1) is 0 Å². The molecule has 0 radical (unpaired) electrons. The fourth-order valence-electron chi connectivity index (χ4n) is 3.88. The van der Waals surface area contributed by atoms with Crippen LogP contribution < -0.4 is 10.3 Å². The Morgan fingerprint density at radius 2 is 1.76 bits per heavy atom. The van der Waals surface area contributed by atoms with E-state index in [1.165, 1.54) is 10.6 Å². The van der Waals surface area contributed by atoms with Crippen LogP contribution in [0.5, 0.6) is 5.75 Å². The van der Waals surface area contributed by atoms with Crippen molar-refractivity contribution in [1.29, 1.82) is 0 Å². The summed E-state index contributed by atoms with van der Waals surface area (Å²) in [6, 6.07) is 11.0. The maximum atomic E-state index is 14.2. The van der Waals surface area contributed by atoms with E-state index in [1.54, 1.807) is 64.2 Å². The summed E-state index contributed by atoms with van der Waals surface area (Å²) in [5.41, 5.74) is 2.54. The standard InChI is InChI=1S/C28H26BrF2N3O3/c1-15-9-18(20(31)11-19(15)30)14-37-24-10-17(3)34(27(35)26(24)29)23-12-22(32-13-16(23)2)21-7-6-8-25(33-21)28(4,5)36/h6-13,36H,14H2,1-5H3. The molecule has 0 saturated carbocycles. The molecule has 0 saturated heterocycles. The predicted octanol–water partition coefficient (Wildman–Crippen LogP) is 6.07. The van der Waals surface area contributed by atoms with Crippen molar-refractivity contribution in [3.8, 4) is 22.8 Å². The van der Waals surface area contributed by atoms with Gasteiger partial charge in [0, 0.05) is 29.6 Å². The largest absolute Gasteiger partial charge is 0.487 e. The molecule has 0 amide bonds. The second-order valence-corrected chi connectivity index (χ2v) is 10.2. The third-order valence-electron chi connectivity index (χ3n) is 5.96. The zero-order valence-corrected chi connectivity index (χ0v) is 22.7. The van der Waals surface area contributed by atoms with Crippen molar-refractivity contribution in [2.45, 2.75) is 46.8 Å². The number of hydrogen-bond acceptors (Lipinski definition) is 5. The summed E-state index contributed by atoms with van der Waals surface area (Å²) < 4.78 is 35.2. The van der Waals surface area contributed by atoms with E-state index in [4.69, 9.17) is 4.74 Å². The Bertz CT molecular complexity index is 1560. The van der Waals surface area contributed by atoms with Crippen LogP contribution in [0.2, 0.25) is 0 Å². The van der Waals surface area contributed by atoms with Gasteiger partial charge in [-0.2, -0.15) is 0 Å². The maximum Gasteiger partial charge on any atom is 0.273 e. The first-order chi connectivity index (χ1) is 17.4. The van der Waals surface area contributed by atoms with Gasteiger partial charge in [0.2, 0.25) is 0 Å². The molecule has 0 bridgehead atoms. The molecule has 3 heterocycles. The Labute approximate surface area is 221 Å². The normalized spacial score (nSPS) is 11.6. The average Bonchev–Trinajstić information content (AvgIpc) is 2.84. The smallest absolute Gasteiger partial charge is 0.273 e. The topological polar surface area (TPSA) is 77.2 Å². The van der Waals surface area contributed by atoms with Gasteiger partial charge in [-0.1, -0.05) is 6.07 Å². The highest BCUT2D eigenvalue weighted by atomic mass is 79.9. The molecule has 9 heteroatoms. The lowest BCUT2D eigenvalue weighted by Crippen LogP contribution is -2.23. The second kappa shape index (κ2) is 10.1. The summed E-state index contributed by atoms with van der Waals surface area (Å²) in [4.78, 5) is 22.4. The summed E-state index contributed by atoms with van der Waals surface area (Å²) in [7, 11) is 0. The van der Waals surface area contributed by atoms with Crippen LogP contribution in [0.15, 0.2) is 57.9 Å². The van der Waals surface area contributed by atoms with Gasteiger partial charge >= 0.3 is 0 Å². The lowest BCUT2D eigenvalue weighted by molar-refractivity contribution is 0.0740. The van der Waals surface area contributed by atoms with Crippen LogP contribution in [-0.4, -0.2) is 19.6 Å². The fraction of sp³-hybridized carbons (Fsp3) is 0.250. The molecule has 0 atom stereocenters. The van der Waals surface area contributed by atoms with Gasteiger partial charge in [-0.25, -0.2) is 13.8 Å². The first kappa shape index (κ1) is 26.6. The Morgan fingerprint density at radius 3 is 2.46 bits per heavy atom. The summed E-state index contributed by atoms with van der Waals surface area (Å²) in [6.45, 7) is 8.29. The van der Waals surface area contributed by atoms with Gasteiger partial charge in [-0.3, -0.25) is 14.3 Å². The highest BCUT2D eigenvalue weighted by Gasteiger charge is 2.20. The molecule has 1 aromatic carbocycles. The third-order valence-corrected chi connectivity index (χ3v) is 6.69. The molecule has 0 unspecified atom stereocenters. The van der Waals surface area contributed by atoms with Gasteiger partial charge in [0.25, 0.3) is 5.56 Å². The number of benzene rings is 1. The van der Waals surface area contributed by atoms with Crippen molar-refractivity contribution in [3.05, 3.63) is 103 Å².